The molecule has 0 fully saturated rings. The minimum absolute atomic E-state index is 0.551. The van der Waals surface area contributed by atoms with Crippen LogP contribution in [0.2, 0.25) is 0 Å². The summed E-state index contributed by atoms with van der Waals surface area (Å²) < 4.78 is 5.49. The summed E-state index contributed by atoms with van der Waals surface area (Å²) in [6.07, 6.45) is 2.92. The molecule has 0 aliphatic rings. The maximum absolute atomic E-state index is 5.49. The van der Waals surface area contributed by atoms with Gasteiger partial charge in [-0.2, -0.15) is 0 Å². The number of rotatable bonds is 8. The topological polar surface area (TPSA) is 34.1 Å². The Bertz CT molecular complexity index is 264. The lowest BCUT2D eigenvalue weighted by Gasteiger charge is -2.12. The second kappa shape index (κ2) is 8.25. The van der Waals surface area contributed by atoms with Crippen LogP contribution in [0, 0.1) is 5.92 Å². The van der Waals surface area contributed by atoms with Crippen LogP contribution in [0.4, 0.5) is 0 Å². The minimum atomic E-state index is 0.551. The van der Waals surface area contributed by atoms with Crippen molar-refractivity contribution in [2.45, 2.75) is 26.8 Å². The molecule has 0 aliphatic carbocycles. The molecule has 3 heteroatoms. The third kappa shape index (κ3) is 5.83. The number of ether oxygens (including phenoxy) is 1. The maximum atomic E-state index is 5.49. The molecule has 3 nitrogen and oxygen atoms in total. The van der Waals surface area contributed by atoms with Gasteiger partial charge >= 0.3 is 0 Å². The molecule has 0 spiro atoms. The van der Waals surface area contributed by atoms with Crippen molar-refractivity contribution < 1.29 is 4.74 Å². The van der Waals surface area contributed by atoms with Gasteiger partial charge in [-0.3, -0.25) is 4.98 Å². The molecule has 90 valence electrons. The molecule has 1 aromatic heterocycles. The Morgan fingerprint density at radius 3 is 3.00 bits per heavy atom. The third-order valence-electron chi connectivity index (χ3n) is 2.28. The van der Waals surface area contributed by atoms with Crippen molar-refractivity contribution in [2.75, 3.05) is 19.8 Å². The van der Waals surface area contributed by atoms with Crippen LogP contribution in [0.1, 0.15) is 26.0 Å². The first-order valence-corrected chi connectivity index (χ1v) is 6.01. The summed E-state index contributed by atoms with van der Waals surface area (Å²) >= 11 is 0. The Morgan fingerprint density at radius 1 is 1.44 bits per heavy atom. The molecular formula is C13H22N2O. The lowest BCUT2D eigenvalue weighted by Crippen LogP contribution is -2.24. The lowest BCUT2D eigenvalue weighted by molar-refractivity contribution is 0.105. The molecular weight excluding hydrogens is 200 g/mol. The highest BCUT2D eigenvalue weighted by Crippen LogP contribution is 1.97. The quantitative estimate of drug-likeness (QED) is 0.685. The summed E-state index contributed by atoms with van der Waals surface area (Å²) in [7, 11) is 0. The SMILES string of the molecule is CCCOCC(C)CNCc1ccccn1. The summed E-state index contributed by atoms with van der Waals surface area (Å²) in [6.45, 7) is 7.83. The van der Waals surface area contributed by atoms with E-state index in [1.807, 2.05) is 24.4 Å². The maximum Gasteiger partial charge on any atom is 0.0541 e. The number of nitrogens with zero attached hydrogens (tertiary/aromatic N) is 1. The van der Waals surface area contributed by atoms with Gasteiger partial charge in [-0.25, -0.2) is 0 Å². The van der Waals surface area contributed by atoms with Crippen molar-refractivity contribution in [3.63, 3.8) is 0 Å². The predicted molar refractivity (Wildman–Crippen MR) is 66.2 cm³/mol. The first-order chi connectivity index (χ1) is 7.83. The molecule has 1 heterocycles. The molecule has 0 saturated heterocycles. The summed E-state index contributed by atoms with van der Waals surface area (Å²) in [5, 5.41) is 3.39. The van der Waals surface area contributed by atoms with Gasteiger partial charge in [0.2, 0.25) is 0 Å². The standard InChI is InChI=1S/C13H22N2O/c1-3-8-16-11-12(2)9-14-10-13-6-4-5-7-15-13/h4-7,12,14H,3,8-11H2,1-2H3. The second-order valence-electron chi connectivity index (χ2n) is 4.13. The highest BCUT2D eigenvalue weighted by molar-refractivity contribution is 5.02. The Labute approximate surface area is 98.2 Å². The van der Waals surface area contributed by atoms with Gasteiger partial charge in [0, 0.05) is 25.9 Å². The summed E-state index contributed by atoms with van der Waals surface area (Å²) in [5.74, 6) is 0.551. The van der Waals surface area contributed by atoms with E-state index in [-0.39, 0.29) is 0 Å². The summed E-state index contributed by atoms with van der Waals surface area (Å²) in [6, 6.07) is 5.98. The highest BCUT2D eigenvalue weighted by Gasteiger charge is 2.01. The van der Waals surface area contributed by atoms with Gasteiger partial charge in [0.15, 0.2) is 0 Å². The van der Waals surface area contributed by atoms with Crippen LogP contribution < -0.4 is 5.32 Å². The number of hydrogen-bond acceptors (Lipinski definition) is 3. The van der Waals surface area contributed by atoms with E-state index >= 15 is 0 Å². The van der Waals surface area contributed by atoms with E-state index in [1.54, 1.807) is 0 Å². The van der Waals surface area contributed by atoms with Gasteiger partial charge in [-0.1, -0.05) is 19.9 Å². The fourth-order valence-corrected chi connectivity index (χ4v) is 1.44. The van der Waals surface area contributed by atoms with E-state index in [1.165, 1.54) is 0 Å². The smallest absolute Gasteiger partial charge is 0.0541 e. The van der Waals surface area contributed by atoms with Crippen LogP contribution in [0.5, 0.6) is 0 Å². The highest BCUT2D eigenvalue weighted by atomic mass is 16.5. The van der Waals surface area contributed by atoms with Crippen molar-refractivity contribution in [2.24, 2.45) is 5.92 Å². The fraction of sp³-hybridized carbons (Fsp3) is 0.615. The Hall–Kier alpha value is -0.930. The number of pyridine rings is 1. The van der Waals surface area contributed by atoms with E-state index in [9.17, 15) is 0 Å². The zero-order valence-electron chi connectivity index (χ0n) is 10.3. The molecule has 1 atom stereocenters. The van der Waals surface area contributed by atoms with Gasteiger partial charge in [-0.05, 0) is 24.5 Å². The molecule has 0 aliphatic heterocycles. The largest absolute Gasteiger partial charge is 0.381 e. The van der Waals surface area contributed by atoms with Crippen molar-refractivity contribution >= 4 is 0 Å². The molecule has 0 aromatic carbocycles. The van der Waals surface area contributed by atoms with Crippen LogP contribution in [0.15, 0.2) is 24.4 Å². The lowest BCUT2D eigenvalue weighted by atomic mass is 10.2. The van der Waals surface area contributed by atoms with Gasteiger partial charge in [0.25, 0.3) is 0 Å². The Morgan fingerprint density at radius 2 is 2.31 bits per heavy atom. The summed E-state index contributed by atoms with van der Waals surface area (Å²) in [4.78, 5) is 4.26. The third-order valence-corrected chi connectivity index (χ3v) is 2.28. The summed E-state index contributed by atoms with van der Waals surface area (Å²) in [5.41, 5.74) is 1.09. The van der Waals surface area contributed by atoms with Crippen molar-refractivity contribution in [3.8, 4) is 0 Å². The Balaban J connectivity index is 2.06. The molecule has 16 heavy (non-hydrogen) atoms. The van der Waals surface area contributed by atoms with E-state index in [0.717, 1.165) is 38.4 Å². The van der Waals surface area contributed by atoms with Crippen LogP contribution in [-0.4, -0.2) is 24.7 Å². The van der Waals surface area contributed by atoms with Crippen molar-refractivity contribution in [3.05, 3.63) is 30.1 Å². The van der Waals surface area contributed by atoms with Gasteiger partial charge in [0.05, 0.1) is 12.3 Å². The average molecular weight is 222 g/mol. The van der Waals surface area contributed by atoms with Crippen molar-refractivity contribution in [1.82, 2.24) is 10.3 Å². The van der Waals surface area contributed by atoms with E-state index in [0.29, 0.717) is 5.92 Å². The van der Waals surface area contributed by atoms with Crippen LogP contribution in [0.3, 0.4) is 0 Å². The van der Waals surface area contributed by atoms with Gasteiger partial charge in [0.1, 0.15) is 0 Å². The molecule has 0 saturated carbocycles. The predicted octanol–water partition coefficient (Wildman–Crippen LogP) is 2.23. The number of nitrogens with one attached hydrogen (secondary N) is 1. The van der Waals surface area contributed by atoms with E-state index in [4.69, 9.17) is 4.74 Å². The van der Waals surface area contributed by atoms with Crippen molar-refractivity contribution in [1.29, 1.82) is 0 Å². The van der Waals surface area contributed by atoms with Crippen LogP contribution >= 0.6 is 0 Å². The Kier molecular flexibility index (Phi) is 6.77. The second-order valence-corrected chi connectivity index (χ2v) is 4.13. The van der Waals surface area contributed by atoms with Gasteiger partial charge in [-0.15, -0.1) is 0 Å². The zero-order chi connectivity index (χ0) is 11.6. The first-order valence-electron chi connectivity index (χ1n) is 6.01. The molecule has 0 amide bonds. The first kappa shape index (κ1) is 13.1. The fourth-order valence-electron chi connectivity index (χ4n) is 1.44. The molecule has 1 N–H and O–H groups in total. The zero-order valence-corrected chi connectivity index (χ0v) is 10.3. The van der Waals surface area contributed by atoms with Crippen LogP contribution in [0.25, 0.3) is 0 Å². The van der Waals surface area contributed by atoms with E-state index in [2.05, 4.69) is 24.1 Å². The normalized spacial score (nSPS) is 12.6. The average Bonchev–Trinajstić information content (AvgIpc) is 2.31. The van der Waals surface area contributed by atoms with E-state index < -0.39 is 0 Å². The monoisotopic (exact) mass is 222 g/mol. The minimum Gasteiger partial charge on any atom is -0.381 e. The number of aromatic nitrogens is 1. The molecule has 0 radical (unpaired) electrons. The van der Waals surface area contributed by atoms with Gasteiger partial charge < -0.3 is 10.1 Å². The molecule has 1 rings (SSSR count). The molecule has 1 aromatic rings. The molecule has 1 unspecified atom stereocenters. The van der Waals surface area contributed by atoms with Crippen LogP contribution in [-0.2, 0) is 11.3 Å². The molecule has 0 bridgehead atoms. The number of hydrogen-bond donors (Lipinski definition) is 1.